The Balaban J connectivity index is 1.70. The summed E-state index contributed by atoms with van der Waals surface area (Å²) in [6.45, 7) is 3.50. The molecular formula is C23H21FN2O4S. The number of ether oxygens (including phenoxy) is 1. The summed E-state index contributed by atoms with van der Waals surface area (Å²) in [4.78, 5) is 13.0. The van der Waals surface area contributed by atoms with Crippen LogP contribution < -0.4 is 14.4 Å². The van der Waals surface area contributed by atoms with Crippen molar-refractivity contribution in [2.45, 2.75) is 24.8 Å². The van der Waals surface area contributed by atoms with Gasteiger partial charge >= 0.3 is 0 Å². The first-order valence-corrected chi connectivity index (χ1v) is 11.1. The highest BCUT2D eigenvalue weighted by atomic mass is 32.2. The van der Waals surface area contributed by atoms with Crippen LogP contribution in [0.1, 0.15) is 11.1 Å². The molecule has 0 fully saturated rings. The lowest BCUT2D eigenvalue weighted by molar-refractivity contribution is -0.122. The van der Waals surface area contributed by atoms with Gasteiger partial charge in [-0.05, 0) is 61.9 Å². The highest BCUT2D eigenvalue weighted by Crippen LogP contribution is 2.38. The molecular weight excluding hydrogens is 419 g/mol. The number of hydrogen-bond donors (Lipinski definition) is 1. The fourth-order valence-electron chi connectivity index (χ4n) is 3.35. The van der Waals surface area contributed by atoms with E-state index in [1.54, 1.807) is 36.4 Å². The van der Waals surface area contributed by atoms with Crippen LogP contribution in [-0.2, 0) is 14.8 Å². The molecule has 0 saturated carbocycles. The molecule has 6 nitrogen and oxygen atoms in total. The Morgan fingerprint density at radius 3 is 2.45 bits per heavy atom. The van der Waals surface area contributed by atoms with E-state index in [9.17, 15) is 17.6 Å². The van der Waals surface area contributed by atoms with Crippen LogP contribution in [0.5, 0.6) is 5.75 Å². The lowest BCUT2D eigenvalue weighted by Gasteiger charge is -2.35. The Hall–Kier alpha value is -3.39. The third kappa shape index (κ3) is 4.25. The third-order valence-electron chi connectivity index (χ3n) is 4.98. The van der Waals surface area contributed by atoms with Crippen molar-refractivity contribution < 1.29 is 22.3 Å². The van der Waals surface area contributed by atoms with E-state index in [0.29, 0.717) is 11.4 Å². The summed E-state index contributed by atoms with van der Waals surface area (Å²) >= 11 is 0. The Kier molecular flexibility index (Phi) is 5.41. The number of carbonyl (C=O) groups is 1. The largest absolute Gasteiger partial charge is 0.476 e. The second kappa shape index (κ2) is 8.03. The molecule has 4 rings (SSSR count). The molecule has 31 heavy (non-hydrogen) atoms. The molecule has 0 aromatic heterocycles. The number of benzene rings is 3. The van der Waals surface area contributed by atoms with Crippen LogP contribution >= 0.6 is 0 Å². The monoisotopic (exact) mass is 440 g/mol. The fourth-order valence-corrected chi connectivity index (χ4v) is 4.83. The number of anilines is 2. The van der Waals surface area contributed by atoms with Crippen molar-refractivity contribution in [1.82, 2.24) is 0 Å². The van der Waals surface area contributed by atoms with Crippen LogP contribution in [0.4, 0.5) is 15.8 Å². The first-order chi connectivity index (χ1) is 14.7. The molecule has 1 N–H and O–H groups in total. The summed E-state index contributed by atoms with van der Waals surface area (Å²) in [6.07, 6.45) is -1.11. The quantitative estimate of drug-likeness (QED) is 0.665. The number of nitrogens with one attached hydrogen (secondary N) is 1. The summed E-state index contributed by atoms with van der Waals surface area (Å²) in [7, 11) is -3.94. The molecule has 1 heterocycles. The Morgan fingerprint density at radius 1 is 1.03 bits per heavy atom. The molecule has 0 unspecified atom stereocenters. The highest BCUT2D eigenvalue weighted by molar-refractivity contribution is 7.92. The number of hydrogen-bond acceptors (Lipinski definition) is 4. The van der Waals surface area contributed by atoms with Gasteiger partial charge in [0, 0.05) is 5.69 Å². The maximum Gasteiger partial charge on any atom is 0.267 e. The van der Waals surface area contributed by atoms with Gasteiger partial charge in [-0.25, -0.2) is 12.8 Å². The number of rotatable bonds is 4. The van der Waals surface area contributed by atoms with Gasteiger partial charge in [-0.3, -0.25) is 9.10 Å². The molecule has 3 aromatic carbocycles. The SMILES string of the molecule is Cc1ccc(S(=O)(=O)N2C[C@H](C(=O)Nc3cccc(F)c3)Oc3cc(C)ccc32)cc1. The maximum absolute atomic E-state index is 13.5. The maximum atomic E-state index is 13.5. The number of nitrogens with zero attached hydrogens (tertiary/aromatic N) is 1. The van der Waals surface area contributed by atoms with Gasteiger partial charge in [-0.2, -0.15) is 0 Å². The van der Waals surface area contributed by atoms with Crippen LogP contribution in [0, 0.1) is 19.7 Å². The van der Waals surface area contributed by atoms with Crippen LogP contribution in [0.25, 0.3) is 0 Å². The van der Waals surface area contributed by atoms with Gasteiger partial charge in [-0.15, -0.1) is 0 Å². The van der Waals surface area contributed by atoms with E-state index in [2.05, 4.69) is 5.32 Å². The van der Waals surface area contributed by atoms with Crippen molar-refractivity contribution in [3.8, 4) is 5.75 Å². The summed E-state index contributed by atoms with van der Waals surface area (Å²) in [6, 6.07) is 17.1. The van der Waals surface area contributed by atoms with Crippen molar-refractivity contribution in [1.29, 1.82) is 0 Å². The van der Waals surface area contributed by atoms with Crippen molar-refractivity contribution >= 4 is 27.3 Å². The molecule has 0 radical (unpaired) electrons. The standard InChI is InChI=1S/C23H21FN2O4S/c1-15-6-9-19(10-7-15)31(28,29)26-14-22(30-21-12-16(2)8-11-20(21)26)23(27)25-18-5-3-4-17(24)13-18/h3-13,22H,14H2,1-2H3,(H,25,27)/t22-/m1/s1. The van der Waals surface area contributed by atoms with E-state index in [1.807, 2.05) is 13.8 Å². The average Bonchev–Trinajstić information content (AvgIpc) is 2.73. The van der Waals surface area contributed by atoms with E-state index in [1.165, 1.54) is 34.6 Å². The van der Waals surface area contributed by atoms with E-state index >= 15 is 0 Å². The summed E-state index contributed by atoms with van der Waals surface area (Å²) < 4.78 is 47.3. The van der Waals surface area contributed by atoms with Crippen molar-refractivity contribution in [3.63, 3.8) is 0 Å². The minimum absolute atomic E-state index is 0.121. The van der Waals surface area contributed by atoms with Gasteiger partial charge in [-0.1, -0.05) is 29.8 Å². The number of amides is 1. The predicted molar refractivity (Wildman–Crippen MR) is 116 cm³/mol. The number of sulfonamides is 1. The van der Waals surface area contributed by atoms with E-state index < -0.39 is 27.9 Å². The summed E-state index contributed by atoms with van der Waals surface area (Å²) in [5.41, 5.74) is 2.42. The predicted octanol–water partition coefficient (Wildman–Crippen LogP) is 4.04. The second-order valence-corrected chi connectivity index (χ2v) is 9.29. The Labute approximate surface area is 180 Å². The van der Waals surface area contributed by atoms with Gasteiger partial charge in [0.2, 0.25) is 0 Å². The first-order valence-electron chi connectivity index (χ1n) is 9.67. The van der Waals surface area contributed by atoms with Crippen molar-refractivity contribution in [2.24, 2.45) is 0 Å². The topological polar surface area (TPSA) is 75.7 Å². The van der Waals surface area contributed by atoms with Gasteiger partial charge in [0.1, 0.15) is 11.6 Å². The first kappa shape index (κ1) is 20.9. The van der Waals surface area contributed by atoms with Crippen LogP contribution in [0.15, 0.2) is 71.6 Å². The normalized spacial score (nSPS) is 15.7. The van der Waals surface area contributed by atoms with Crippen LogP contribution in [-0.4, -0.2) is 27.0 Å². The zero-order valence-corrected chi connectivity index (χ0v) is 17.8. The Bertz CT molecular complexity index is 1240. The number of carbonyl (C=O) groups excluding carboxylic acids is 1. The zero-order valence-electron chi connectivity index (χ0n) is 17.0. The van der Waals surface area contributed by atoms with E-state index in [4.69, 9.17) is 4.74 Å². The molecule has 8 heteroatoms. The lowest BCUT2D eigenvalue weighted by atomic mass is 10.1. The molecule has 0 spiro atoms. The molecule has 0 saturated heterocycles. The number of aryl methyl sites for hydroxylation is 2. The molecule has 1 amide bonds. The van der Waals surface area contributed by atoms with Crippen LogP contribution in [0.2, 0.25) is 0 Å². The second-order valence-electron chi connectivity index (χ2n) is 7.43. The molecule has 1 aliphatic heterocycles. The minimum atomic E-state index is -3.94. The van der Waals surface area contributed by atoms with Gasteiger partial charge in [0.05, 0.1) is 17.1 Å². The minimum Gasteiger partial charge on any atom is -0.476 e. The van der Waals surface area contributed by atoms with Gasteiger partial charge in [0.15, 0.2) is 6.10 Å². The number of fused-ring (bicyclic) bond motifs is 1. The molecule has 0 aliphatic carbocycles. The lowest BCUT2D eigenvalue weighted by Crippen LogP contribution is -2.48. The summed E-state index contributed by atoms with van der Waals surface area (Å²) in [5.74, 6) is -0.768. The highest BCUT2D eigenvalue weighted by Gasteiger charge is 2.37. The molecule has 160 valence electrons. The van der Waals surface area contributed by atoms with Crippen molar-refractivity contribution in [2.75, 3.05) is 16.2 Å². The summed E-state index contributed by atoms with van der Waals surface area (Å²) in [5, 5.41) is 2.59. The molecule has 3 aromatic rings. The van der Waals surface area contributed by atoms with E-state index in [0.717, 1.165) is 11.1 Å². The zero-order chi connectivity index (χ0) is 22.2. The third-order valence-corrected chi connectivity index (χ3v) is 6.77. The molecule has 1 atom stereocenters. The molecule has 0 bridgehead atoms. The smallest absolute Gasteiger partial charge is 0.267 e. The van der Waals surface area contributed by atoms with Gasteiger partial charge < -0.3 is 10.1 Å². The van der Waals surface area contributed by atoms with Gasteiger partial charge in [0.25, 0.3) is 15.9 Å². The molecule has 1 aliphatic rings. The average molecular weight is 440 g/mol. The van der Waals surface area contributed by atoms with Crippen molar-refractivity contribution in [3.05, 3.63) is 83.7 Å². The van der Waals surface area contributed by atoms with E-state index in [-0.39, 0.29) is 17.1 Å². The van der Waals surface area contributed by atoms with Crippen LogP contribution in [0.3, 0.4) is 0 Å². The Morgan fingerprint density at radius 2 is 1.74 bits per heavy atom. The number of halogens is 1. The fraction of sp³-hybridized carbons (Fsp3) is 0.174.